The molecule has 0 spiro atoms. The zero-order valence-corrected chi connectivity index (χ0v) is 15.9. The van der Waals surface area contributed by atoms with Gasteiger partial charge in [0.15, 0.2) is 0 Å². The molecule has 0 amide bonds. The lowest BCUT2D eigenvalue weighted by molar-refractivity contribution is -0.137. The molecule has 5 nitrogen and oxygen atoms in total. The molecule has 2 aromatic carbocycles. The maximum atomic E-state index is 12.8. The van der Waals surface area contributed by atoms with Gasteiger partial charge in [-0.25, -0.2) is 17.8 Å². The van der Waals surface area contributed by atoms with Crippen LogP contribution >= 0.6 is 11.6 Å². The van der Waals surface area contributed by atoms with Gasteiger partial charge in [0, 0.05) is 12.7 Å². The van der Waals surface area contributed by atoms with Crippen molar-refractivity contribution in [2.24, 2.45) is 0 Å². The van der Waals surface area contributed by atoms with E-state index in [1.165, 1.54) is 0 Å². The van der Waals surface area contributed by atoms with Crippen molar-refractivity contribution in [3.05, 3.63) is 77.1 Å². The number of hydrogen-bond donors (Lipinski definition) is 1. The molecule has 28 heavy (non-hydrogen) atoms. The zero-order chi connectivity index (χ0) is 20.4. The highest BCUT2D eigenvalue weighted by Crippen LogP contribution is 2.33. The first kappa shape index (κ1) is 20.4. The van der Waals surface area contributed by atoms with E-state index in [9.17, 15) is 21.6 Å². The summed E-state index contributed by atoms with van der Waals surface area (Å²) in [5, 5.41) is 3.93. The number of nitrogens with one attached hydrogen (secondary N) is 1. The highest BCUT2D eigenvalue weighted by molar-refractivity contribution is 7.89. The smallest absolute Gasteiger partial charge is 0.241 e. The number of halogens is 4. The standard InChI is InChI=1S/C18H15ClF3N3O2S/c19-16-7-6-14(18(20,21)22)10-17(16)28(26,27)24-9-8-13-11-23-25(12-13)15-4-2-1-3-5-15/h1-7,10-12,24H,8-9H2. The van der Waals surface area contributed by atoms with Gasteiger partial charge in [-0.05, 0) is 42.3 Å². The van der Waals surface area contributed by atoms with Gasteiger partial charge in [-0.3, -0.25) is 0 Å². The lowest BCUT2D eigenvalue weighted by Gasteiger charge is -2.11. The first-order chi connectivity index (χ1) is 13.2. The maximum absolute atomic E-state index is 12.8. The summed E-state index contributed by atoms with van der Waals surface area (Å²) in [7, 11) is -4.20. The lowest BCUT2D eigenvalue weighted by atomic mass is 10.2. The Bertz CT molecular complexity index is 1070. The maximum Gasteiger partial charge on any atom is 0.416 e. The van der Waals surface area contributed by atoms with Crippen molar-refractivity contribution in [2.45, 2.75) is 17.5 Å². The molecule has 0 aliphatic heterocycles. The molecule has 1 heterocycles. The fraction of sp³-hybridized carbons (Fsp3) is 0.167. The molecule has 1 N–H and O–H groups in total. The van der Waals surface area contributed by atoms with Crippen LogP contribution in [0.5, 0.6) is 0 Å². The van der Waals surface area contributed by atoms with Crippen molar-refractivity contribution in [2.75, 3.05) is 6.54 Å². The van der Waals surface area contributed by atoms with E-state index in [4.69, 9.17) is 11.6 Å². The number of alkyl halides is 3. The molecule has 0 atom stereocenters. The molecule has 0 radical (unpaired) electrons. The third-order valence-corrected chi connectivity index (χ3v) is 5.85. The van der Waals surface area contributed by atoms with Crippen LogP contribution in [0.3, 0.4) is 0 Å². The van der Waals surface area contributed by atoms with Gasteiger partial charge < -0.3 is 0 Å². The lowest BCUT2D eigenvalue weighted by Crippen LogP contribution is -2.26. The summed E-state index contributed by atoms with van der Waals surface area (Å²) >= 11 is 5.80. The normalized spacial score (nSPS) is 12.3. The minimum absolute atomic E-state index is 0.0185. The third-order valence-electron chi connectivity index (χ3n) is 3.91. The minimum atomic E-state index is -4.67. The SMILES string of the molecule is O=S(=O)(NCCc1cnn(-c2ccccc2)c1)c1cc(C(F)(F)F)ccc1Cl. The molecule has 0 bridgehead atoms. The second kappa shape index (κ2) is 7.94. The summed E-state index contributed by atoms with van der Waals surface area (Å²) in [4.78, 5) is -0.607. The fourth-order valence-electron chi connectivity index (χ4n) is 2.50. The summed E-state index contributed by atoms with van der Waals surface area (Å²) in [6.45, 7) is -0.0185. The molecule has 0 fully saturated rings. The van der Waals surface area contributed by atoms with Crippen LogP contribution in [-0.4, -0.2) is 24.7 Å². The average molecular weight is 430 g/mol. The summed E-state index contributed by atoms with van der Waals surface area (Å²) < 4.78 is 67.2. The molecule has 0 aliphatic carbocycles. The van der Waals surface area contributed by atoms with Crippen molar-refractivity contribution in [1.29, 1.82) is 0 Å². The Morgan fingerprint density at radius 2 is 1.82 bits per heavy atom. The van der Waals surface area contributed by atoms with Crippen molar-refractivity contribution in [3.63, 3.8) is 0 Å². The van der Waals surface area contributed by atoms with Crippen molar-refractivity contribution < 1.29 is 21.6 Å². The number of nitrogens with zero attached hydrogens (tertiary/aromatic N) is 2. The number of para-hydroxylation sites is 1. The van der Waals surface area contributed by atoms with E-state index < -0.39 is 26.7 Å². The monoisotopic (exact) mass is 429 g/mol. The molecular weight excluding hydrogens is 415 g/mol. The first-order valence-corrected chi connectivity index (χ1v) is 9.98. The summed E-state index contributed by atoms with van der Waals surface area (Å²) in [5.41, 5.74) is 0.535. The predicted octanol–water partition coefficient (Wildman–Crippen LogP) is 4.07. The van der Waals surface area contributed by atoms with Gasteiger partial charge in [-0.15, -0.1) is 0 Å². The number of sulfonamides is 1. The number of rotatable bonds is 6. The Kier molecular flexibility index (Phi) is 5.78. The fourth-order valence-corrected chi connectivity index (χ4v) is 4.06. The number of hydrogen-bond acceptors (Lipinski definition) is 3. The van der Waals surface area contributed by atoms with Crippen LogP contribution in [0.1, 0.15) is 11.1 Å². The van der Waals surface area contributed by atoms with E-state index >= 15 is 0 Å². The molecule has 0 saturated heterocycles. The Morgan fingerprint density at radius 1 is 1.11 bits per heavy atom. The molecule has 10 heteroatoms. The van der Waals surface area contributed by atoms with Gasteiger partial charge in [0.1, 0.15) is 4.90 Å². The van der Waals surface area contributed by atoms with Crippen LogP contribution in [0.2, 0.25) is 5.02 Å². The van der Waals surface area contributed by atoms with Crippen LogP contribution in [0.4, 0.5) is 13.2 Å². The van der Waals surface area contributed by atoms with Crippen molar-refractivity contribution in [1.82, 2.24) is 14.5 Å². The Morgan fingerprint density at radius 3 is 2.50 bits per heavy atom. The van der Waals surface area contributed by atoms with Crippen LogP contribution in [0, 0.1) is 0 Å². The second-order valence-corrected chi connectivity index (χ2v) is 8.06. The summed E-state index contributed by atoms with van der Waals surface area (Å²) in [6, 6.07) is 11.5. The van der Waals surface area contributed by atoms with Crippen molar-refractivity contribution >= 4 is 21.6 Å². The minimum Gasteiger partial charge on any atom is -0.241 e. The molecule has 148 valence electrons. The molecule has 0 unspecified atom stereocenters. The molecule has 1 aromatic heterocycles. The highest BCUT2D eigenvalue weighted by Gasteiger charge is 2.32. The van der Waals surface area contributed by atoms with E-state index in [0.29, 0.717) is 12.5 Å². The van der Waals surface area contributed by atoms with E-state index in [0.717, 1.165) is 23.4 Å². The largest absolute Gasteiger partial charge is 0.416 e. The third kappa shape index (κ3) is 4.73. The van der Waals surface area contributed by atoms with Crippen LogP contribution in [0.25, 0.3) is 5.69 Å². The Hall–Kier alpha value is -2.36. The van der Waals surface area contributed by atoms with E-state index in [2.05, 4.69) is 9.82 Å². The Balaban J connectivity index is 1.69. The van der Waals surface area contributed by atoms with Gasteiger partial charge in [0.2, 0.25) is 10.0 Å². The predicted molar refractivity (Wildman–Crippen MR) is 98.9 cm³/mol. The van der Waals surface area contributed by atoms with Gasteiger partial charge >= 0.3 is 6.18 Å². The average Bonchev–Trinajstić information content (AvgIpc) is 3.10. The van der Waals surface area contributed by atoms with Crippen LogP contribution < -0.4 is 4.72 Å². The summed E-state index contributed by atoms with van der Waals surface area (Å²) in [6.07, 6.45) is -1.01. The molecule has 0 saturated carbocycles. The van der Waals surface area contributed by atoms with E-state index in [-0.39, 0.29) is 11.6 Å². The van der Waals surface area contributed by atoms with Gasteiger partial charge in [-0.1, -0.05) is 29.8 Å². The van der Waals surface area contributed by atoms with Gasteiger partial charge in [0.05, 0.1) is 22.5 Å². The quantitative estimate of drug-likeness (QED) is 0.642. The van der Waals surface area contributed by atoms with Crippen LogP contribution in [0.15, 0.2) is 65.8 Å². The first-order valence-electron chi connectivity index (χ1n) is 8.12. The molecule has 3 rings (SSSR count). The van der Waals surface area contributed by atoms with Crippen molar-refractivity contribution in [3.8, 4) is 5.69 Å². The zero-order valence-electron chi connectivity index (χ0n) is 14.3. The molecule has 0 aliphatic rings. The summed E-state index contributed by atoms with van der Waals surface area (Å²) in [5.74, 6) is 0. The topological polar surface area (TPSA) is 64.0 Å². The highest BCUT2D eigenvalue weighted by atomic mass is 35.5. The van der Waals surface area contributed by atoms with Crippen LogP contribution in [-0.2, 0) is 22.6 Å². The Labute approximate surface area is 164 Å². The van der Waals surface area contributed by atoms with E-state index in [1.54, 1.807) is 17.1 Å². The number of benzene rings is 2. The second-order valence-electron chi connectivity index (χ2n) is 5.92. The number of aromatic nitrogens is 2. The van der Waals surface area contributed by atoms with Gasteiger partial charge in [-0.2, -0.15) is 18.3 Å². The van der Waals surface area contributed by atoms with Gasteiger partial charge in [0.25, 0.3) is 0 Å². The molecular formula is C18H15ClF3N3O2S. The molecule has 3 aromatic rings. The van der Waals surface area contributed by atoms with E-state index in [1.807, 2.05) is 30.3 Å².